The molecule has 0 amide bonds. The normalized spacial score (nSPS) is 20.7. The van der Waals surface area contributed by atoms with Crippen molar-refractivity contribution in [2.75, 3.05) is 33.3 Å². The van der Waals surface area contributed by atoms with Crippen LogP contribution in [-0.2, 0) is 4.79 Å². The van der Waals surface area contributed by atoms with E-state index >= 15 is 0 Å². The van der Waals surface area contributed by atoms with Crippen LogP contribution < -0.4 is 4.74 Å². The quantitative estimate of drug-likeness (QED) is 0.894. The van der Waals surface area contributed by atoms with E-state index in [4.69, 9.17) is 4.74 Å². The molecule has 0 saturated carbocycles. The number of ether oxygens (including phenoxy) is 1. The molecule has 5 nitrogen and oxygen atoms in total. The summed E-state index contributed by atoms with van der Waals surface area (Å²) in [7, 11) is 1.65. The highest BCUT2D eigenvalue weighted by Crippen LogP contribution is 2.32. The number of likely N-dealkylation sites (tertiary alicyclic amines) is 2. The van der Waals surface area contributed by atoms with E-state index in [2.05, 4.69) is 9.80 Å². The molecular weight excluding hydrogens is 328 g/mol. The second-order valence-electron chi connectivity index (χ2n) is 7.42. The highest BCUT2D eigenvalue weighted by Gasteiger charge is 2.39. The molecule has 1 atom stereocenters. The fraction of sp³-hybridized carbons (Fsp3) is 0.476. The number of carboxylic acid groups (broad SMARTS) is 1. The maximum absolute atomic E-state index is 12.0. The van der Waals surface area contributed by atoms with E-state index in [1.807, 2.05) is 36.4 Å². The topological polar surface area (TPSA) is 53.0 Å². The lowest BCUT2D eigenvalue weighted by Crippen LogP contribution is -2.61. The van der Waals surface area contributed by atoms with Crippen LogP contribution in [0.2, 0.25) is 0 Å². The predicted molar refractivity (Wildman–Crippen MR) is 102 cm³/mol. The van der Waals surface area contributed by atoms with Crippen molar-refractivity contribution in [1.82, 2.24) is 9.80 Å². The third kappa shape index (κ3) is 3.29. The Labute approximate surface area is 154 Å². The largest absolute Gasteiger partial charge is 0.497 e. The van der Waals surface area contributed by atoms with E-state index in [0.29, 0.717) is 6.04 Å². The summed E-state index contributed by atoms with van der Waals surface area (Å²) in [5, 5.41) is 11.9. The van der Waals surface area contributed by atoms with Crippen LogP contribution in [0.15, 0.2) is 36.4 Å². The van der Waals surface area contributed by atoms with Crippen molar-refractivity contribution >= 4 is 16.7 Å². The van der Waals surface area contributed by atoms with Crippen molar-refractivity contribution in [3.63, 3.8) is 0 Å². The molecule has 2 heterocycles. The van der Waals surface area contributed by atoms with Crippen LogP contribution in [0.3, 0.4) is 0 Å². The lowest BCUT2D eigenvalue weighted by Gasteiger charge is -2.48. The van der Waals surface area contributed by atoms with Gasteiger partial charge in [0.15, 0.2) is 0 Å². The Bertz CT molecular complexity index is 795. The molecule has 2 aliphatic rings. The van der Waals surface area contributed by atoms with Crippen molar-refractivity contribution < 1.29 is 14.6 Å². The number of aliphatic carboxylic acids is 1. The average molecular weight is 354 g/mol. The lowest BCUT2D eigenvalue weighted by molar-refractivity contribution is -0.147. The molecule has 0 aromatic heterocycles. The number of hydrogen-bond donors (Lipinski definition) is 1. The van der Waals surface area contributed by atoms with Gasteiger partial charge in [0.05, 0.1) is 7.11 Å². The molecule has 2 aromatic rings. The van der Waals surface area contributed by atoms with Gasteiger partial charge in [-0.3, -0.25) is 14.6 Å². The Morgan fingerprint density at radius 3 is 2.46 bits per heavy atom. The van der Waals surface area contributed by atoms with Crippen molar-refractivity contribution in [3.05, 3.63) is 42.0 Å². The first-order chi connectivity index (χ1) is 12.7. The number of benzene rings is 2. The summed E-state index contributed by atoms with van der Waals surface area (Å²) < 4.78 is 5.27. The summed E-state index contributed by atoms with van der Waals surface area (Å²) in [5.41, 5.74) is 0.854. The molecule has 2 saturated heterocycles. The van der Waals surface area contributed by atoms with Gasteiger partial charge in [0.1, 0.15) is 11.8 Å². The zero-order valence-electron chi connectivity index (χ0n) is 15.2. The Kier molecular flexibility index (Phi) is 4.83. The molecule has 26 heavy (non-hydrogen) atoms. The standard InChI is InChI=1S/C21H26N2O3/c1-26-19-8-7-15-11-17(6-5-16(15)12-19)20(21(24)25)23-13-18(14-23)22-9-3-2-4-10-22/h5-8,11-12,18,20H,2-4,9-10,13-14H2,1H3,(H,24,25). The summed E-state index contributed by atoms with van der Waals surface area (Å²) >= 11 is 0. The maximum Gasteiger partial charge on any atom is 0.325 e. The molecule has 138 valence electrons. The molecule has 2 fully saturated rings. The minimum atomic E-state index is -0.769. The van der Waals surface area contributed by atoms with E-state index in [9.17, 15) is 9.90 Å². The Balaban J connectivity index is 1.52. The van der Waals surface area contributed by atoms with E-state index in [1.165, 1.54) is 19.3 Å². The average Bonchev–Trinajstić information content (AvgIpc) is 2.63. The van der Waals surface area contributed by atoms with Gasteiger partial charge in [-0.25, -0.2) is 0 Å². The maximum atomic E-state index is 12.0. The molecule has 0 aliphatic carbocycles. The van der Waals surface area contributed by atoms with Crippen LogP contribution in [0.5, 0.6) is 5.75 Å². The molecule has 5 heteroatoms. The minimum absolute atomic E-state index is 0.516. The number of carboxylic acids is 1. The Hall–Kier alpha value is -2.11. The van der Waals surface area contributed by atoms with Gasteiger partial charge in [0.25, 0.3) is 0 Å². The number of rotatable bonds is 5. The van der Waals surface area contributed by atoms with Crippen LogP contribution in [0, 0.1) is 0 Å². The second-order valence-corrected chi connectivity index (χ2v) is 7.42. The summed E-state index contributed by atoms with van der Waals surface area (Å²) in [6, 6.07) is 11.8. The highest BCUT2D eigenvalue weighted by atomic mass is 16.5. The first-order valence-corrected chi connectivity index (χ1v) is 9.44. The van der Waals surface area contributed by atoms with Gasteiger partial charge in [-0.15, -0.1) is 0 Å². The van der Waals surface area contributed by atoms with E-state index < -0.39 is 12.0 Å². The molecule has 0 bridgehead atoms. The van der Waals surface area contributed by atoms with Gasteiger partial charge in [-0.2, -0.15) is 0 Å². The summed E-state index contributed by atoms with van der Waals surface area (Å²) in [5.74, 6) is 0.0436. The van der Waals surface area contributed by atoms with E-state index in [1.54, 1.807) is 7.11 Å². The van der Waals surface area contributed by atoms with Gasteiger partial charge < -0.3 is 9.84 Å². The van der Waals surface area contributed by atoms with Crippen LogP contribution in [0.4, 0.5) is 0 Å². The molecule has 4 rings (SSSR count). The van der Waals surface area contributed by atoms with Crippen LogP contribution in [0.1, 0.15) is 30.9 Å². The predicted octanol–water partition coefficient (Wildman–Crippen LogP) is 3.14. The van der Waals surface area contributed by atoms with Gasteiger partial charge in [-0.05, 0) is 60.5 Å². The van der Waals surface area contributed by atoms with Crippen LogP contribution >= 0.6 is 0 Å². The summed E-state index contributed by atoms with van der Waals surface area (Å²) in [4.78, 5) is 16.6. The first-order valence-electron chi connectivity index (χ1n) is 9.44. The Morgan fingerprint density at radius 1 is 1.08 bits per heavy atom. The number of carbonyl (C=O) groups is 1. The molecule has 1 N–H and O–H groups in total. The fourth-order valence-corrected chi connectivity index (χ4v) is 4.26. The molecule has 1 unspecified atom stereocenters. The monoisotopic (exact) mass is 354 g/mol. The molecule has 0 spiro atoms. The van der Waals surface area contributed by atoms with Crippen molar-refractivity contribution in [1.29, 1.82) is 0 Å². The number of fused-ring (bicyclic) bond motifs is 1. The first kappa shape index (κ1) is 17.3. The third-order valence-corrected chi connectivity index (χ3v) is 5.78. The molecular formula is C21H26N2O3. The SMILES string of the molecule is COc1ccc2cc(C(C(=O)O)N3CC(N4CCCCC4)C3)ccc2c1. The van der Waals surface area contributed by atoms with Crippen molar-refractivity contribution in [3.8, 4) is 5.75 Å². The number of methoxy groups -OCH3 is 1. The number of nitrogens with zero attached hydrogens (tertiary/aromatic N) is 2. The second kappa shape index (κ2) is 7.25. The summed E-state index contributed by atoms with van der Waals surface area (Å²) in [6.45, 7) is 4.01. The van der Waals surface area contributed by atoms with Gasteiger partial charge in [0, 0.05) is 19.1 Å². The zero-order valence-corrected chi connectivity index (χ0v) is 15.2. The molecule has 0 radical (unpaired) electrons. The number of hydrogen-bond acceptors (Lipinski definition) is 4. The number of piperidine rings is 1. The fourth-order valence-electron chi connectivity index (χ4n) is 4.26. The van der Waals surface area contributed by atoms with Gasteiger partial charge in [0.2, 0.25) is 0 Å². The van der Waals surface area contributed by atoms with Crippen LogP contribution in [0.25, 0.3) is 10.8 Å². The zero-order chi connectivity index (χ0) is 18.1. The minimum Gasteiger partial charge on any atom is -0.497 e. The highest BCUT2D eigenvalue weighted by molar-refractivity contribution is 5.86. The van der Waals surface area contributed by atoms with Crippen LogP contribution in [-0.4, -0.2) is 60.2 Å². The third-order valence-electron chi connectivity index (χ3n) is 5.78. The lowest BCUT2D eigenvalue weighted by atomic mass is 9.95. The smallest absolute Gasteiger partial charge is 0.325 e. The van der Waals surface area contributed by atoms with Crippen molar-refractivity contribution in [2.45, 2.75) is 31.3 Å². The molecule has 2 aliphatic heterocycles. The summed E-state index contributed by atoms with van der Waals surface area (Å²) in [6.07, 6.45) is 3.87. The van der Waals surface area contributed by atoms with Crippen molar-refractivity contribution in [2.24, 2.45) is 0 Å². The molecule has 2 aromatic carbocycles. The Morgan fingerprint density at radius 2 is 1.77 bits per heavy atom. The van der Waals surface area contributed by atoms with E-state index in [-0.39, 0.29) is 0 Å². The van der Waals surface area contributed by atoms with Gasteiger partial charge in [-0.1, -0.05) is 24.6 Å². The van der Waals surface area contributed by atoms with Gasteiger partial charge >= 0.3 is 5.97 Å². The van der Waals surface area contributed by atoms with E-state index in [0.717, 1.165) is 48.3 Å².